The summed E-state index contributed by atoms with van der Waals surface area (Å²) in [7, 11) is 0. The molecule has 1 aromatic heterocycles. The van der Waals surface area contributed by atoms with Gasteiger partial charge in [-0.25, -0.2) is 4.39 Å². The van der Waals surface area contributed by atoms with Crippen LogP contribution in [0.3, 0.4) is 0 Å². The van der Waals surface area contributed by atoms with Crippen molar-refractivity contribution in [2.24, 2.45) is 0 Å². The van der Waals surface area contributed by atoms with Crippen molar-refractivity contribution < 1.29 is 4.39 Å². The molecule has 0 fully saturated rings. The van der Waals surface area contributed by atoms with E-state index in [4.69, 9.17) is 11.6 Å². The van der Waals surface area contributed by atoms with E-state index in [2.05, 4.69) is 22.2 Å². The van der Waals surface area contributed by atoms with Crippen LogP contribution >= 0.6 is 11.6 Å². The number of halogens is 2. The van der Waals surface area contributed by atoms with Crippen molar-refractivity contribution in [3.63, 3.8) is 0 Å². The summed E-state index contributed by atoms with van der Waals surface area (Å²) in [6.07, 6.45) is 6.39. The van der Waals surface area contributed by atoms with Crippen LogP contribution in [-0.4, -0.2) is 16.5 Å². The Morgan fingerprint density at radius 3 is 2.85 bits per heavy atom. The number of hydrogen-bond acceptors (Lipinski definition) is 3. The largest absolute Gasteiger partial charge is 0.308 e. The lowest BCUT2D eigenvalue weighted by atomic mass is 10.0. The summed E-state index contributed by atoms with van der Waals surface area (Å²) < 4.78 is 13.9. The van der Waals surface area contributed by atoms with Gasteiger partial charge in [0.05, 0.1) is 11.7 Å². The van der Waals surface area contributed by atoms with Gasteiger partial charge in [-0.05, 0) is 31.5 Å². The van der Waals surface area contributed by atoms with E-state index in [1.165, 1.54) is 6.07 Å². The molecule has 20 heavy (non-hydrogen) atoms. The highest BCUT2D eigenvalue weighted by molar-refractivity contribution is 6.31. The van der Waals surface area contributed by atoms with Crippen LogP contribution in [0.1, 0.15) is 30.6 Å². The lowest BCUT2D eigenvalue weighted by Gasteiger charge is -2.18. The first kappa shape index (κ1) is 14.9. The summed E-state index contributed by atoms with van der Waals surface area (Å²) in [4.78, 5) is 8.37. The maximum Gasteiger partial charge on any atom is 0.127 e. The molecule has 5 heteroatoms. The monoisotopic (exact) mass is 293 g/mol. The maximum absolute atomic E-state index is 13.9. The molecule has 1 N–H and O–H groups in total. The zero-order valence-corrected chi connectivity index (χ0v) is 12.1. The molecule has 0 aliphatic carbocycles. The molecule has 1 heterocycles. The van der Waals surface area contributed by atoms with Crippen LogP contribution in [0.4, 0.5) is 4.39 Å². The van der Waals surface area contributed by atoms with Gasteiger partial charge < -0.3 is 5.32 Å². The Labute approximate surface area is 123 Å². The second kappa shape index (κ2) is 7.31. The average molecular weight is 294 g/mol. The third-order valence-corrected chi connectivity index (χ3v) is 3.40. The Morgan fingerprint density at radius 1 is 1.35 bits per heavy atom. The van der Waals surface area contributed by atoms with Crippen molar-refractivity contribution in [3.05, 3.63) is 58.9 Å². The minimum atomic E-state index is -0.287. The highest BCUT2D eigenvalue weighted by Crippen LogP contribution is 2.24. The smallest absolute Gasteiger partial charge is 0.127 e. The molecule has 0 spiro atoms. The molecular formula is C15H17ClFN3. The maximum atomic E-state index is 13.9. The first-order valence-electron chi connectivity index (χ1n) is 6.64. The van der Waals surface area contributed by atoms with Crippen molar-refractivity contribution in [1.82, 2.24) is 15.3 Å². The van der Waals surface area contributed by atoms with E-state index in [9.17, 15) is 4.39 Å². The highest BCUT2D eigenvalue weighted by Gasteiger charge is 2.17. The molecule has 2 rings (SSSR count). The fourth-order valence-corrected chi connectivity index (χ4v) is 2.26. The lowest BCUT2D eigenvalue weighted by molar-refractivity contribution is 0.502. The first-order chi connectivity index (χ1) is 9.72. The van der Waals surface area contributed by atoms with Gasteiger partial charge >= 0.3 is 0 Å². The van der Waals surface area contributed by atoms with Crippen molar-refractivity contribution >= 4 is 11.6 Å². The molecule has 0 aliphatic rings. The van der Waals surface area contributed by atoms with E-state index >= 15 is 0 Å². The Hall–Kier alpha value is -1.52. The number of aromatic nitrogens is 2. The molecular weight excluding hydrogens is 277 g/mol. The number of nitrogens with zero attached hydrogens (tertiary/aromatic N) is 2. The summed E-state index contributed by atoms with van der Waals surface area (Å²) >= 11 is 6.09. The summed E-state index contributed by atoms with van der Waals surface area (Å²) in [5, 5.41) is 3.80. The fourth-order valence-electron chi connectivity index (χ4n) is 2.02. The SMILES string of the molecule is CCCNC(Cc1c(F)cccc1Cl)c1cnccn1. The molecule has 1 atom stereocenters. The minimum Gasteiger partial charge on any atom is -0.308 e. The van der Waals surface area contributed by atoms with Crippen LogP contribution in [0.5, 0.6) is 0 Å². The van der Waals surface area contributed by atoms with E-state index in [0.29, 0.717) is 17.0 Å². The number of benzene rings is 1. The Bertz CT molecular complexity index is 528. The lowest BCUT2D eigenvalue weighted by Crippen LogP contribution is -2.25. The fraction of sp³-hybridized carbons (Fsp3) is 0.333. The van der Waals surface area contributed by atoms with E-state index in [-0.39, 0.29) is 11.9 Å². The summed E-state index contributed by atoms with van der Waals surface area (Å²) in [5.41, 5.74) is 1.30. The molecule has 0 bridgehead atoms. The highest BCUT2D eigenvalue weighted by atomic mass is 35.5. The molecule has 1 unspecified atom stereocenters. The van der Waals surface area contributed by atoms with E-state index < -0.39 is 0 Å². The molecule has 0 amide bonds. The normalized spacial score (nSPS) is 12.3. The molecule has 0 radical (unpaired) electrons. The van der Waals surface area contributed by atoms with Gasteiger partial charge in [0.2, 0.25) is 0 Å². The third kappa shape index (κ3) is 3.74. The third-order valence-electron chi connectivity index (χ3n) is 3.05. The van der Waals surface area contributed by atoms with Crippen LogP contribution in [0.2, 0.25) is 5.02 Å². The van der Waals surface area contributed by atoms with Crippen molar-refractivity contribution in [2.45, 2.75) is 25.8 Å². The molecule has 3 nitrogen and oxygen atoms in total. The summed E-state index contributed by atoms with van der Waals surface area (Å²) in [6.45, 7) is 2.91. The van der Waals surface area contributed by atoms with Crippen LogP contribution < -0.4 is 5.32 Å². The van der Waals surface area contributed by atoms with Crippen molar-refractivity contribution in [3.8, 4) is 0 Å². The molecule has 0 saturated heterocycles. The van der Waals surface area contributed by atoms with Gasteiger partial charge in [-0.2, -0.15) is 0 Å². The predicted molar refractivity (Wildman–Crippen MR) is 78.2 cm³/mol. The van der Waals surface area contributed by atoms with Gasteiger partial charge in [0.1, 0.15) is 5.82 Å². The van der Waals surface area contributed by atoms with E-state index in [1.807, 2.05) is 0 Å². The molecule has 2 aromatic rings. The van der Waals surface area contributed by atoms with Crippen LogP contribution in [0.25, 0.3) is 0 Å². The zero-order chi connectivity index (χ0) is 14.4. The zero-order valence-electron chi connectivity index (χ0n) is 11.3. The van der Waals surface area contributed by atoms with Crippen LogP contribution in [-0.2, 0) is 6.42 Å². The number of hydrogen-bond donors (Lipinski definition) is 1. The van der Waals surface area contributed by atoms with Crippen LogP contribution in [0.15, 0.2) is 36.8 Å². The minimum absolute atomic E-state index is 0.0990. The van der Waals surface area contributed by atoms with Gasteiger partial charge in [-0.3, -0.25) is 9.97 Å². The second-order valence-electron chi connectivity index (χ2n) is 4.54. The number of rotatable bonds is 6. The second-order valence-corrected chi connectivity index (χ2v) is 4.95. The average Bonchev–Trinajstić information content (AvgIpc) is 2.47. The first-order valence-corrected chi connectivity index (χ1v) is 7.02. The Kier molecular flexibility index (Phi) is 5.44. The summed E-state index contributed by atoms with van der Waals surface area (Å²) in [5.74, 6) is -0.287. The van der Waals surface area contributed by atoms with Gasteiger partial charge in [0, 0.05) is 29.2 Å². The molecule has 0 saturated carbocycles. The topological polar surface area (TPSA) is 37.8 Å². The molecule has 106 valence electrons. The Balaban J connectivity index is 2.24. The quantitative estimate of drug-likeness (QED) is 0.885. The van der Waals surface area contributed by atoms with Crippen LogP contribution in [0, 0.1) is 5.82 Å². The van der Waals surface area contributed by atoms with Gasteiger partial charge in [0.15, 0.2) is 0 Å². The van der Waals surface area contributed by atoms with Gasteiger partial charge in [0.25, 0.3) is 0 Å². The van der Waals surface area contributed by atoms with Gasteiger partial charge in [-0.1, -0.05) is 24.6 Å². The number of nitrogens with one attached hydrogen (secondary N) is 1. The Morgan fingerprint density at radius 2 is 2.20 bits per heavy atom. The van der Waals surface area contributed by atoms with Gasteiger partial charge in [-0.15, -0.1) is 0 Å². The summed E-state index contributed by atoms with van der Waals surface area (Å²) in [6, 6.07) is 4.64. The standard InChI is InChI=1S/C15H17ClFN3/c1-2-6-19-14(15-10-18-7-8-20-15)9-11-12(16)4-3-5-13(11)17/h3-5,7-8,10,14,19H,2,6,9H2,1H3. The predicted octanol–water partition coefficient (Wildman–Crippen LogP) is 3.55. The van der Waals surface area contributed by atoms with Crippen molar-refractivity contribution in [2.75, 3.05) is 6.54 Å². The van der Waals surface area contributed by atoms with E-state index in [0.717, 1.165) is 18.7 Å². The van der Waals surface area contributed by atoms with Crippen molar-refractivity contribution in [1.29, 1.82) is 0 Å². The van der Waals surface area contributed by atoms with E-state index in [1.54, 1.807) is 30.7 Å². The molecule has 1 aromatic carbocycles. The molecule has 0 aliphatic heterocycles.